The molecule has 1 aromatic heterocycles. The highest BCUT2D eigenvalue weighted by molar-refractivity contribution is 5.84. The van der Waals surface area contributed by atoms with Crippen LogP contribution in [0, 0.1) is 6.92 Å². The van der Waals surface area contributed by atoms with Gasteiger partial charge in [-0.25, -0.2) is 4.79 Å². The van der Waals surface area contributed by atoms with Crippen molar-refractivity contribution in [3.63, 3.8) is 0 Å². The minimum absolute atomic E-state index is 0.114. The summed E-state index contributed by atoms with van der Waals surface area (Å²) in [6, 6.07) is 10.8. The summed E-state index contributed by atoms with van der Waals surface area (Å²) in [5, 5.41) is 10.7. The largest absolute Gasteiger partial charge is 0.508 e. The third-order valence-corrected chi connectivity index (χ3v) is 4.64. The van der Waals surface area contributed by atoms with Crippen LogP contribution in [0.1, 0.15) is 23.6 Å². The minimum atomic E-state index is -0.424. The summed E-state index contributed by atoms with van der Waals surface area (Å²) in [7, 11) is 3.61. The Kier molecular flexibility index (Phi) is 5.90. The molecule has 0 radical (unpaired) electrons. The van der Waals surface area contributed by atoms with E-state index in [0.717, 1.165) is 22.3 Å². The van der Waals surface area contributed by atoms with Gasteiger partial charge in [0.1, 0.15) is 11.3 Å². The number of methoxy groups -OCH3 is 1. The Morgan fingerprint density at radius 2 is 1.89 bits per heavy atom. The van der Waals surface area contributed by atoms with E-state index >= 15 is 0 Å². The van der Waals surface area contributed by atoms with Gasteiger partial charge in [0.25, 0.3) is 0 Å². The number of nitrogens with zero attached hydrogens (tertiary/aromatic N) is 1. The molecule has 6 heteroatoms. The highest BCUT2D eigenvalue weighted by Gasteiger charge is 2.13. The molecular weight excluding hydrogens is 358 g/mol. The Labute approximate surface area is 163 Å². The predicted molar refractivity (Wildman–Crippen MR) is 108 cm³/mol. The zero-order valence-electron chi connectivity index (χ0n) is 16.6. The molecule has 0 bridgehead atoms. The maximum atomic E-state index is 12.0. The van der Waals surface area contributed by atoms with Gasteiger partial charge in [-0.2, -0.15) is 0 Å². The van der Waals surface area contributed by atoms with E-state index in [-0.39, 0.29) is 5.75 Å². The van der Waals surface area contributed by atoms with Gasteiger partial charge in [0.05, 0.1) is 13.7 Å². The van der Waals surface area contributed by atoms with Gasteiger partial charge in [-0.3, -0.25) is 4.90 Å². The Bertz CT molecular complexity index is 1040. The summed E-state index contributed by atoms with van der Waals surface area (Å²) in [6.07, 6.45) is 0. The molecule has 3 aromatic rings. The summed E-state index contributed by atoms with van der Waals surface area (Å²) in [5.41, 5.74) is 2.50. The molecule has 1 N–H and O–H groups in total. The molecule has 0 unspecified atom stereocenters. The first-order valence-electron chi connectivity index (χ1n) is 9.16. The zero-order valence-corrected chi connectivity index (χ0v) is 16.6. The van der Waals surface area contributed by atoms with E-state index in [1.165, 1.54) is 6.07 Å². The highest BCUT2D eigenvalue weighted by Crippen LogP contribution is 2.30. The van der Waals surface area contributed by atoms with Crippen LogP contribution in [0.25, 0.3) is 11.0 Å². The number of aromatic hydroxyl groups is 1. The fourth-order valence-electron chi connectivity index (χ4n) is 3.29. The van der Waals surface area contributed by atoms with Gasteiger partial charge in [-0.1, -0.05) is 6.07 Å². The summed E-state index contributed by atoms with van der Waals surface area (Å²) < 4.78 is 16.3. The molecule has 0 atom stereocenters. The van der Waals surface area contributed by atoms with Crippen LogP contribution >= 0.6 is 0 Å². The van der Waals surface area contributed by atoms with E-state index in [0.29, 0.717) is 36.6 Å². The van der Waals surface area contributed by atoms with Crippen LogP contribution in [0.2, 0.25) is 0 Å². The van der Waals surface area contributed by atoms with Crippen molar-refractivity contribution in [3.8, 4) is 17.2 Å². The van der Waals surface area contributed by atoms with E-state index in [2.05, 4.69) is 4.90 Å². The summed E-state index contributed by atoms with van der Waals surface area (Å²) in [5.74, 6) is 1.53. The lowest BCUT2D eigenvalue weighted by Crippen LogP contribution is -2.18. The van der Waals surface area contributed by atoms with Gasteiger partial charge >= 0.3 is 5.63 Å². The average molecular weight is 383 g/mol. The number of benzene rings is 2. The number of phenolic OH excluding ortho intramolecular Hbond substituents is 1. The van der Waals surface area contributed by atoms with Crippen LogP contribution in [0.5, 0.6) is 17.2 Å². The topological polar surface area (TPSA) is 72.1 Å². The molecule has 0 amide bonds. The van der Waals surface area contributed by atoms with Crippen LogP contribution in [-0.2, 0) is 13.1 Å². The molecule has 1 heterocycles. The van der Waals surface area contributed by atoms with E-state index in [9.17, 15) is 9.90 Å². The SMILES string of the molecule is CCOc1ccc(CN(C)Cc2cc(=O)oc3c(C)c(O)ccc23)cc1OC. The summed E-state index contributed by atoms with van der Waals surface area (Å²) in [4.78, 5) is 14.1. The van der Waals surface area contributed by atoms with Gasteiger partial charge < -0.3 is 19.0 Å². The second-order valence-electron chi connectivity index (χ2n) is 6.77. The maximum absolute atomic E-state index is 12.0. The van der Waals surface area contributed by atoms with Crippen LogP contribution in [0.3, 0.4) is 0 Å². The Hall–Kier alpha value is -2.99. The van der Waals surface area contributed by atoms with Crippen LogP contribution in [0.15, 0.2) is 45.6 Å². The first kappa shape index (κ1) is 19.8. The highest BCUT2D eigenvalue weighted by atomic mass is 16.5. The predicted octanol–water partition coefficient (Wildman–Crippen LogP) is 3.85. The molecule has 3 rings (SSSR count). The van der Waals surface area contributed by atoms with Gasteiger partial charge in [-0.05, 0) is 56.3 Å². The number of hydrogen-bond acceptors (Lipinski definition) is 6. The second-order valence-corrected chi connectivity index (χ2v) is 6.77. The number of ether oxygens (including phenoxy) is 2. The first-order chi connectivity index (χ1) is 13.4. The quantitative estimate of drug-likeness (QED) is 0.625. The van der Waals surface area contributed by atoms with Crippen molar-refractivity contribution < 1.29 is 19.0 Å². The second kappa shape index (κ2) is 8.35. The average Bonchev–Trinajstić information content (AvgIpc) is 2.66. The van der Waals surface area contributed by atoms with Gasteiger partial charge in [0.15, 0.2) is 11.5 Å². The van der Waals surface area contributed by atoms with E-state index < -0.39 is 5.63 Å². The van der Waals surface area contributed by atoms with Crippen molar-refractivity contribution in [2.24, 2.45) is 0 Å². The molecular formula is C22H25NO5. The summed E-state index contributed by atoms with van der Waals surface area (Å²) in [6.45, 7) is 5.47. The molecule has 0 aliphatic heterocycles. The lowest BCUT2D eigenvalue weighted by Gasteiger charge is -2.19. The molecule has 0 saturated carbocycles. The molecule has 148 valence electrons. The molecule has 0 fully saturated rings. The summed E-state index contributed by atoms with van der Waals surface area (Å²) >= 11 is 0. The Balaban J connectivity index is 1.85. The van der Waals surface area contributed by atoms with E-state index in [1.54, 1.807) is 26.2 Å². The van der Waals surface area contributed by atoms with Gasteiger partial charge in [-0.15, -0.1) is 0 Å². The maximum Gasteiger partial charge on any atom is 0.336 e. The fraction of sp³-hybridized carbons (Fsp3) is 0.318. The van der Waals surface area contributed by atoms with Gasteiger partial charge in [0.2, 0.25) is 0 Å². The van der Waals surface area contributed by atoms with Gasteiger partial charge in [0, 0.05) is 30.1 Å². The lowest BCUT2D eigenvalue weighted by molar-refractivity contribution is 0.305. The normalized spacial score (nSPS) is 11.2. The number of aryl methyl sites for hydroxylation is 1. The van der Waals surface area contributed by atoms with E-state index in [4.69, 9.17) is 13.9 Å². The lowest BCUT2D eigenvalue weighted by atomic mass is 10.1. The molecule has 28 heavy (non-hydrogen) atoms. The monoisotopic (exact) mass is 383 g/mol. The number of fused-ring (bicyclic) bond motifs is 1. The van der Waals surface area contributed by atoms with Crippen molar-refractivity contribution in [1.82, 2.24) is 4.90 Å². The first-order valence-corrected chi connectivity index (χ1v) is 9.16. The number of phenols is 1. The fourth-order valence-corrected chi connectivity index (χ4v) is 3.29. The molecule has 6 nitrogen and oxygen atoms in total. The van der Waals surface area contributed by atoms with Crippen molar-refractivity contribution in [1.29, 1.82) is 0 Å². The Morgan fingerprint density at radius 3 is 2.61 bits per heavy atom. The zero-order chi connectivity index (χ0) is 20.3. The Morgan fingerprint density at radius 1 is 1.11 bits per heavy atom. The third-order valence-electron chi connectivity index (χ3n) is 4.64. The van der Waals surface area contributed by atoms with Crippen molar-refractivity contribution in [2.75, 3.05) is 20.8 Å². The smallest absolute Gasteiger partial charge is 0.336 e. The van der Waals surface area contributed by atoms with E-state index in [1.807, 2.05) is 32.2 Å². The molecule has 0 spiro atoms. The van der Waals surface area contributed by atoms with Crippen LogP contribution in [0.4, 0.5) is 0 Å². The minimum Gasteiger partial charge on any atom is -0.508 e. The molecule has 0 aliphatic carbocycles. The third kappa shape index (κ3) is 4.12. The number of hydrogen-bond donors (Lipinski definition) is 1. The molecule has 0 aliphatic rings. The van der Waals surface area contributed by atoms with Crippen molar-refractivity contribution in [2.45, 2.75) is 26.9 Å². The molecule has 2 aromatic carbocycles. The standard InChI is InChI=1S/C22H25NO5/c1-5-27-19-9-6-15(10-20(19)26-4)12-23(3)13-16-11-21(25)28-22-14(2)18(24)8-7-17(16)22/h6-11,24H,5,12-13H2,1-4H3. The van der Waals surface area contributed by atoms with Crippen molar-refractivity contribution >= 4 is 11.0 Å². The number of rotatable bonds is 7. The van der Waals surface area contributed by atoms with Crippen molar-refractivity contribution in [3.05, 3.63) is 63.5 Å². The molecule has 0 saturated heterocycles. The van der Waals surface area contributed by atoms with Crippen LogP contribution < -0.4 is 15.1 Å². The van der Waals surface area contributed by atoms with Crippen LogP contribution in [-0.4, -0.2) is 30.8 Å².